The molecule has 3 aliphatic rings. The van der Waals surface area contributed by atoms with Crippen molar-refractivity contribution in [3.05, 3.63) is 244 Å². The fraction of sp³-hybridized carbons (Fsp3) is 0.156. The lowest BCUT2D eigenvalue weighted by atomic mass is 9.71. The van der Waals surface area contributed by atoms with E-state index in [0.29, 0.717) is 6.54 Å². The Morgan fingerprint density at radius 2 is 1.50 bits per heavy atom. The Morgan fingerprint density at radius 3 is 2.28 bits per heavy atom. The van der Waals surface area contributed by atoms with Crippen LogP contribution in [0.25, 0.3) is 50.3 Å². The topological polar surface area (TPSA) is 55.3 Å². The quantitative estimate of drug-likeness (QED) is 0.0817. The van der Waals surface area contributed by atoms with Crippen LogP contribution in [0.15, 0.2) is 194 Å². The summed E-state index contributed by atoms with van der Waals surface area (Å²) in [6.07, 6.45) is 21.6. The number of nitrogen functional groups attached to an aromatic ring is 1. The molecule has 1 atom stereocenters. The molecule has 4 N–H and O–H groups in total. The van der Waals surface area contributed by atoms with Gasteiger partial charge in [-0.3, -0.25) is 0 Å². The van der Waals surface area contributed by atoms with Crippen molar-refractivity contribution in [2.24, 2.45) is 5.73 Å². The van der Waals surface area contributed by atoms with Gasteiger partial charge in [0.15, 0.2) is 0 Å². The summed E-state index contributed by atoms with van der Waals surface area (Å²) in [5.41, 5.74) is 35.5. The Hall–Kier alpha value is -7.40. The van der Waals surface area contributed by atoms with Gasteiger partial charge < -0.3 is 16.4 Å². The molecule has 7 aromatic carbocycles. The molecule has 1 heterocycles. The van der Waals surface area contributed by atoms with Gasteiger partial charge in [0, 0.05) is 51.6 Å². The summed E-state index contributed by atoms with van der Waals surface area (Å²) in [4.78, 5) is 2.45. The van der Waals surface area contributed by atoms with E-state index in [1.54, 1.807) is 0 Å². The molecule has 1 aliphatic heterocycles. The summed E-state index contributed by atoms with van der Waals surface area (Å²) >= 11 is 0. The van der Waals surface area contributed by atoms with Crippen molar-refractivity contribution in [3.8, 4) is 11.1 Å². The second-order valence-corrected chi connectivity index (χ2v) is 18.9. The Labute approximate surface area is 404 Å². The maximum atomic E-state index is 7.81. The van der Waals surface area contributed by atoms with Crippen LogP contribution < -0.4 is 21.8 Å². The standard InChI is InChI=1S/C64H58BN3/c1-6-44(49-29-15-10-20-41(49)2)28-18-21-42(3)68-59-36-43(22-11-12-27-48(40-66)45-23-8-7-9-24-45)34-35-53(59)60-50(54-37-46-25-13-14-26-47(46)38-58(54)67)31-19-32-51(60)55-39-57-61(63(68)62(55)65)52-30-16-17-33-56(52)64(57,4)5/h6-18,20-30,32-39,48H,19,31,40,66-67H2,1-5H3/b22-11-,27-12-,28-18-,42-21+,44-6-. The monoisotopic (exact) mass is 879 g/mol. The Bertz CT molecular complexity index is 3350. The molecule has 68 heavy (non-hydrogen) atoms. The first-order valence-corrected chi connectivity index (χ1v) is 24.0. The van der Waals surface area contributed by atoms with Crippen LogP contribution >= 0.6 is 0 Å². The molecule has 2 radical (unpaired) electrons. The molecule has 4 heteroatoms. The van der Waals surface area contributed by atoms with Crippen molar-refractivity contribution in [2.75, 3.05) is 17.2 Å². The van der Waals surface area contributed by atoms with Crippen LogP contribution in [-0.4, -0.2) is 14.4 Å². The van der Waals surface area contributed by atoms with Crippen molar-refractivity contribution in [1.29, 1.82) is 0 Å². The Balaban J connectivity index is 1.24. The van der Waals surface area contributed by atoms with Crippen LogP contribution in [0.2, 0.25) is 0 Å². The van der Waals surface area contributed by atoms with E-state index in [1.807, 2.05) is 6.07 Å². The van der Waals surface area contributed by atoms with Crippen LogP contribution in [0.4, 0.5) is 17.1 Å². The molecule has 0 spiro atoms. The van der Waals surface area contributed by atoms with E-state index in [1.165, 1.54) is 61.0 Å². The molecule has 0 aromatic heterocycles. The number of hydrogen-bond acceptors (Lipinski definition) is 3. The number of aryl methyl sites for hydroxylation is 1. The van der Waals surface area contributed by atoms with Gasteiger partial charge in [-0.25, -0.2) is 0 Å². The van der Waals surface area contributed by atoms with Crippen LogP contribution in [0.5, 0.6) is 0 Å². The van der Waals surface area contributed by atoms with Crippen molar-refractivity contribution >= 4 is 69.5 Å². The summed E-state index contributed by atoms with van der Waals surface area (Å²) in [7, 11) is 7.81. The lowest BCUT2D eigenvalue weighted by Gasteiger charge is -2.38. The molecule has 10 rings (SSSR count). The highest BCUT2D eigenvalue weighted by Crippen LogP contribution is 2.57. The minimum absolute atomic E-state index is 0.121. The van der Waals surface area contributed by atoms with Crippen molar-refractivity contribution in [1.82, 2.24) is 0 Å². The molecule has 2 bridgehead atoms. The van der Waals surface area contributed by atoms with Gasteiger partial charge in [0.2, 0.25) is 0 Å². The molecule has 0 saturated heterocycles. The van der Waals surface area contributed by atoms with Gasteiger partial charge in [0.1, 0.15) is 7.85 Å². The van der Waals surface area contributed by atoms with E-state index in [0.717, 1.165) is 74.3 Å². The Kier molecular flexibility index (Phi) is 12.0. The summed E-state index contributed by atoms with van der Waals surface area (Å²) < 4.78 is 0. The summed E-state index contributed by atoms with van der Waals surface area (Å²) in [5.74, 6) is 0.121. The lowest BCUT2D eigenvalue weighted by molar-refractivity contribution is 0.660. The average Bonchev–Trinajstić information content (AvgIpc) is 3.58. The van der Waals surface area contributed by atoms with E-state index in [-0.39, 0.29) is 11.3 Å². The Morgan fingerprint density at radius 1 is 0.765 bits per heavy atom. The molecule has 0 saturated carbocycles. The van der Waals surface area contributed by atoms with E-state index in [4.69, 9.17) is 19.3 Å². The molecule has 7 aromatic rings. The smallest absolute Gasteiger partial charge is 0.117 e. The van der Waals surface area contributed by atoms with Crippen molar-refractivity contribution < 1.29 is 0 Å². The molecule has 0 amide bonds. The third kappa shape index (κ3) is 7.83. The molecule has 1 unspecified atom stereocenters. The van der Waals surface area contributed by atoms with Gasteiger partial charge in [-0.2, -0.15) is 0 Å². The van der Waals surface area contributed by atoms with Crippen LogP contribution in [0.3, 0.4) is 0 Å². The predicted octanol–water partition coefficient (Wildman–Crippen LogP) is 14.9. The molecular weight excluding hydrogens is 822 g/mol. The first kappa shape index (κ1) is 44.4. The maximum Gasteiger partial charge on any atom is 0.117 e. The second kappa shape index (κ2) is 18.4. The average molecular weight is 880 g/mol. The van der Waals surface area contributed by atoms with Crippen LogP contribution in [0, 0.1) is 6.92 Å². The summed E-state index contributed by atoms with van der Waals surface area (Å²) in [5, 5.41) is 2.30. The fourth-order valence-corrected chi connectivity index (χ4v) is 10.9. The summed E-state index contributed by atoms with van der Waals surface area (Å²) in [6, 6.07) is 50.2. The number of fused-ring (bicyclic) bond motifs is 11. The number of hydrogen-bond donors (Lipinski definition) is 2. The molecule has 2 aliphatic carbocycles. The fourth-order valence-electron chi connectivity index (χ4n) is 10.9. The third-order valence-corrected chi connectivity index (χ3v) is 14.4. The largest absolute Gasteiger partial charge is 0.398 e. The molecule has 332 valence electrons. The molecular formula is C64H58BN3. The zero-order chi connectivity index (χ0) is 47.1. The number of anilines is 3. The maximum absolute atomic E-state index is 7.81. The van der Waals surface area contributed by atoms with E-state index in [9.17, 15) is 0 Å². The van der Waals surface area contributed by atoms with Crippen molar-refractivity contribution in [3.63, 3.8) is 0 Å². The van der Waals surface area contributed by atoms with Gasteiger partial charge in [-0.05, 0) is 135 Å². The minimum atomic E-state index is -0.272. The number of allylic oxidation sites excluding steroid dienone is 12. The first-order chi connectivity index (χ1) is 33.1. The number of benzene rings is 7. The van der Waals surface area contributed by atoms with Gasteiger partial charge in [0.05, 0.1) is 5.69 Å². The number of nitrogens with two attached hydrogens (primary N) is 2. The molecule has 3 nitrogen and oxygen atoms in total. The highest BCUT2D eigenvalue weighted by molar-refractivity contribution is 6.42. The highest BCUT2D eigenvalue weighted by atomic mass is 15.2. The zero-order valence-corrected chi connectivity index (χ0v) is 39.9. The predicted molar refractivity (Wildman–Crippen MR) is 294 cm³/mol. The normalized spacial score (nSPS) is 15.9. The van der Waals surface area contributed by atoms with Crippen LogP contribution in [0.1, 0.15) is 96.5 Å². The van der Waals surface area contributed by atoms with Gasteiger partial charge in [0.25, 0.3) is 0 Å². The van der Waals surface area contributed by atoms with Gasteiger partial charge in [-0.15, -0.1) is 0 Å². The van der Waals surface area contributed by atoms with Crippen molar-refractivity contribution in [2.45, 2.75) is 58.8 Å². The first-order valence-electron chi connectivity index (χ1n) is 24.0. The minimum Gasteiger partial charge on any atom is -0.398 e. The zero-order valence-electron chi connectivity index (χ0n) is 39.9. The van der Waals surface area contributed by atoms with Gasteiger partial charge in [-0.1, -0.05) is 189 Å². The SMILES string of the molecule is [B]c1c2cc3c(c1N(/C(C)=C/C=C\C(=C\C)c1ccccc1C)c1cc(/C=C\C=C/C(CN)c4ccccc4)ccc1C1=C(c4cc5ccccc5cc4N)CCC=C12)-c1ccccc1C3(C)C. The second-order valence-electron chi connectivity index (χ2n) is 18.9. The van der Waals surface area contributed by atoms with Gasteiger partial charge >= 0.3 is 0 Å². The molecule has 0 fully saturated rings. The number of rotatable bonds is 10. The summed E-state index contributed by atoms with van der Waals surface area (Å²) in [6.45, 7) is 11.7. The van der Waals surface area contributed by atoms with Crippen LogP contribution in [-0.2, 0) is 5.41 Å². The number of nitrogens with zero attached hydrogens (tertiary/aromatic N) is 1. The van der Waals surface area contributed by atoms with E-state index in [2.05, 4.69) is 228 Å². The lowest BCUT2D eigenvalue weighted by Crippen LogP contribution is -2.30. The highest BCUT2D eigenvalue weighted by Gasteiger charge is 2.41. The van der Waals surface area contributed by atoms with E-state index >= 15 is 0 Å². The third-order valence-electron chi connectivity index (χ3n) is 14.4. The van der Waals surface area contributed by atoms with E-state index < -0.39 is 0 Å².